The highest BCUT2D eigenvalue weighted by atomic mass is 19.4. The molecule has 5 heteroatoms. The summed E-state index contributed by atoms with van der Waals surface area (Å²) in [5.74, 6) is -0.159. The molecule has 0 radical (unpaired) electrons. The Labute approximate surface area is 88.4 Å². The third-order valence-corrected chi connectivity index (χ3v) is 2.34. The number of Topliss-reactive ketones (excluding diaryl/α,β-unsaturated/α-hetero) is 1. The van der Waals surface area contributed by atoms with Crippen molar-refractivity contribution >= 4 is 5.78 Å². The van der Waals surface area contributed by atoms with Crippen molar-refractivity contribution in [3.63, 3.8) is 0 Å². The lowest BCUT2D eigenvalue weighted by Gasteiger charge is -2.32. The average molecular weight is 225 g/mol. The van der Waals surface area contributed by atoms with Crippen LogP contribution in [0.2, 0.25) is 0 Å². The quantitative estimate of drug-likeness (QED) is 0.716. The summed E-state index contributed by atoms with van der Waals surface area (Å²) in [6.45, 7) is 5.47. The van der Waals surface area contributed by atoms with Gasteiger partial charge in [0.1, 0.15) is 5.78 Å². The largest absolute Gasteiger partial charge is 0.401 e. The standard InChI is InChI=1S/C10H18F3NO/c1-5-9(15)8(4)14(7(2)3)6-10(11,12)13/h7-8H,5-6H2,1-4H3. The number of ketones is 1. The number of hydrogen-bond donors (Lipinski definition) is 0. The van der Waals surface area contributed by atoms with E-state index in [4.69, 9.17) is 0 Å². The number of rotatable bonds is 5. The molecule has 0 saturated carbocycles. The molecule has 0 aromatic carbocycles. The van der Waals surface area contributed by atoms with Gasteiger partial charge in [0.2, 0.25) is 0 Å². The number of hydrogen-bond acceptors (Lipinski definition) is 2. The summed E-state index contributed by atoms with van der Waals surface area (Å²) in [4.78, 5) is 12.5. The Hall–Kier alpha value is -0.580. The number of halogens is 3. The van der Waals surface area contributed by atoms with Gasteiger partial charge in [0, 0.05) is 12.5 Å². The molecule has 0 spiro atoms. The maximum absolute atomic E-state index is 12.2. The van der Waals surface area contributed by atoms with Crippen molar-refractivity contribution in [1.29, 1.82) is 0 Å². The second-order valence-corrected chi connectivity index (χ2v) is 3.88. The van der Waals surface area contributed by atoms with Gasteiger partial charge in [-0.25, -0.2) is 0 Å². The van der Waals surface area contributed by atoms with E-state index in [-0.39, 0.29) is 18.2 Å². The second kappa shape index (κ2) is 5.49. The van der Waals surface area contributed by atoms with Crippen LogP contribution < -0.4 is 0 Å². The van der Waals surface area contributed by atoms with E-state index >= 15 is 0 Å². The lowest BCUT2D eigenvalue weighted by atomic mass is 10.1. The minimum Gasteiger partial charge on any atom is -0.298 e. The fraction of sp³-hybridized carbons (Fsp3) is 0.900. The zero-order chi connectivity index (χ0) is 12.2. The molecule has 15 heavy (non-hydrogen) atoms. The normalized spacial score (nSPS) is 14.7. The fourth-order valence-corrected chi connectivity index (χ4v) is 1.45. The summed E-state index contributed by atoms with van der Waals surface area (Å²) >= 11 is 0. The molecule has 0 aliphatic carbocycles. The monoisotopic (exact) mass is 225 g/mol. The minimum atomic E-state index is -4.26. The zero-order valence-electron chi connectivity index (χ0n) is 9.56. The van der Waals surface area contributed by atoms with Crippen molar-refractivity contribution in [1.82, 2.24) is 4.90 Å². The SMILES string of the molecule is CCC(=O)C(C)N(CC(F)(F)F)C(C)C. The van der Waals surface area contributed by atoms with Gasteiger partial charge in [0.25, 0.3) is 0 Å². The predicted octanol–water partition coefficient (Wildman–Crippen LogP) is 2.63. The van der Waals surface area contributed by atoms with Gasteiger partial charge in [-0.3, -0.25) is 9.69 Å². The summed E-state index contributed by atoms with van der Waals surface area (Å²) in [5.41, 5.74) is 0. The molecular weight excluding hydrogens is 207 g/mol. The van der Waals surface area contributed by atoms with Crippen LogP contribution in [0.25, 0.3) is 0 Å². The Morgan fingerprint density at radius 1 is 1.27 bits per heavy atom. The van der Waals surface area contributed by atoms with E-state index in [9.17, 15) is 18.0 Å². The molecule has 1 atom stereocenters. The summed E-state index contributed by atoms with van der Waals surface area (Å²) in [6.07, 6.45) is -3.99. The smallest absolute Gasteiger partial charge is 0.298 e. The summed E-state index contributed by atoms with van der Waals surface area (Å²) in [7, 11) is 0. The highest BCUT2D eigenvalue weighted by Crippen LogP contribution is 2.20. The van der Waals surface area contributed by atoms with Crippen molar-refractivity contribution < 1.29 is 18.0 Å². The van der Waals surface area contributed by atoms with Gasteiger partial charge < -0.3 is 0 Å². The van der Waals surface area contributed by atoms with Crippen LogP contribution in [0.1, 0.15) is 34.1 Å². The van der Waals surface area contributed by atoms with E-state index in [1.54, 1.807) is 20.8 Å². The van der Waals surface area contributed by atoms with Gasteiger partial charge in [0.15, 0.2) is 0 Å². The lowest BCUT2D eigenvalue weighted by molar-refractivity contribution is -0.157. The molecule has 2 nitrogen and oxygen atoms in total. The lowest BCUT2D eigenvalue weighted by Crippen LogP contribution is -2.47. The summed E-state index contributed by atoms with van der Waals surface area (Å²) < 4.78 is 36.7. The Bertz CT molecular complexity index is 213. The number of carbonyl (C=O) groups is 1. The molecule has 90 valence electrons. The molecule has 0 saturated heterocycles. The predicted molar refractivity (Wildman–Crippen MR) is 52.7 cm³/mol. The van der Waals surface area contributed by atoms with E-state index < -0.39 is 18.8 Å². The Morgan fingerprint density at radius 2 is 1.73 bits per heavy atom. The Kier molecular flexibility index (Phi) is 5.28. The van der Waals surface area contributed by atoms with Crippen LogP contribution in [-0.4, -0.2) is 35.5 Å². The topological polar surface area (TPSA) is 20.3 Å². The first-order valence-corrected chi connectivity index (χ1v) is 5.04. The fourth-order valence-electron chi connectivity index (χ4n) is 1.45. The van der Waals surface area contributed by atoms with E-state index in [0.717, 1.165) is 0 Å². The van der Waals surface area contributed by atoms with Crippen LogP contribution >= 0.6 is 0 Å². The van der Waals surface area contributed by atoms with Crippen molar-refractivity contribution in [3.8, 4) is 0 Å². The molecule has 0 N–H and O–H groups in total. The van der Waals surface area contributed by atoms with Gasteiger partial charge in [-0.2, -0.15) is 13.2 Å². The molecule has 0 bridgehead atoms. The maximum Gasteiger partial charge on any atom is 0.401 e. The van der Waals surface area contributed by atoms with Gasteiger partial charge in [-0.1, -0.05) is 6.92 Å². The van der Waals surface area contributed by atoms with Gasteiger partial charge in [-0.15, -0.1) is 0 Å². The van der Waals surface area contributed by atoms with Crippen molar-refractivity contribution in [2.45, 2.75) is 52.4 Å². The van der Waals surface area contributed by atoms with Gasteiger partial charge in [-0.05, 0) is 20.8 Å². The number of carbonyl (C=O) groups excluding carboxylic acids is 1. The number of alkyl halides is 3. The van der Waals surface area contributed by atoms with Crippen LogP contribution in [0.5, 0.6) is 0 Å². The van der Waals surface area contributed by atoms with Crippen LogP contribution in [0.4, 0.5) is 13.2 Å². The van der Waals surface area contributed by atoms with Gasteiger partial charge >= 0.3 is 6.18 Å². The van der Waals surface area contributed by atoms with Crippen LogP contribution in [0.15, 0.2) is 0 Å². The molecule has 0 heterocycles. The third kappa shape index (κ3) is 5.16. The van der Waals surface area contributed by atoms with Crippen molar-refractivity contribution in [3.05, 3.63) is 0 Å². The molecule has 0 fully saturated rings. The Morgan fingerprint density at radius 3 is 2.00 bits per heavy atom. The van der Waals surface area contributed by atoms with Crippen LogP contribution in [0.3, 0.4) is 0 Å². The first kappa shape index (κ1) is 14.4. The van der Waals surface area contributed by atoms with Crippen molar-refractivity contribution in [2.75, 3.05) is 6.54 Å². The Balaban J connectivity index is 4.60. The summed E-state index contributed by atoms with van der Waals surface area (Å²) in [5, 5.41) is 0. The molecule has 0 aromatic heterocycles. The molecule has 0 amide bonds. The zero-order valence-corrected chi connectivity index (χ0v) is 9.56. The second-order valence-electron chi connectivity index (χ2n) is 3.88. The van der Waals surface area contributed by atoms with E-state index in [1.165, 1.54) is 11.8 Å². The molecule has 0 aliphatic heterocycles. The van der Waals surface area contributed by atoms with Gasteiger partial charge in [0.05, 0.1) is 12.6 Å². The highest BCUT2D eigenvalue weighted by molar-refractivity contribution is 5.83. The molecule has 0 rings (SSSR count). The van der Waals surface area contributed by atoms with Crippen LogP contribution in [0, 0.1) is 0 Å². The first-order valence-electron chi connectivity index (χ1n) is 5.04. The molecular formula is C10H18F3NO. The molecule has 0 aliphatic rings. The van der Waals surface area contributed by atoms with E-state index in [1.807, 2.05) is 0 Å². The number of nitrogens with zero attached hydrogens (tertiary/aromatic N) is 1. The maximum atomic E-state index is 12.2. The summed E-state index contributed by atoms with van der Waals surface area (Å²) in [6, 6.07) is -0.964. The van der Waals surface area contributed by atoms with E-state index in [0.29, 0.717) is 0 Å². The average Bonchev–Trinajstić information content (AvgIpc) is 2.10. The van der Waals surface area contributed by atoms with E-state index in [2.05, 4.69) is 0 Å². The first-order chi connectivity index (χ1) is 6.69. The van der Waals surface area contributed by atoms with Crippen LogP contribution in [-0.2, 0) is 4.79 Å². The highest BCUT2D eigenvalue weighted by Gasteiger charge is 2.35. The third-order valence-electron chi connectivity index (χ3n) is 2.34. The molecule has 0 aromatic rings. The minimum absolute atomic E-state index is 0.159. The van der Waals surface area contributed by atoms with Crippen molar-refractivity contribution in [2.24, 2.45) is 0 Å². The molecule has 1 unspecified atom stereocenters.